The second-order valence-corrected chi connectivity index (χ2v) is 5.36. The van der Waals surface area contributed by atoms with Gasteiger partial charge in [-0.2, -0.15) is 5.26 Å². The first-order valence-corrected chi connectivity index (χ1v) is 6.45. The smallest absolute Gasteiger partial charge is 0.101 e. The van der Waals surface area contributed by atoms with Crippen molar-refractivity contribution in [1.82, 2.24) is 0 Å². The van der Waals surface area contributed by atoms with Gasteiger partial charge in [0.05, 0.1) is 11.3 Å². The summed E-state index contributed by atoms with van der Waals surface area (Å²) in [5, 5.41) is 9.11. The monoisotopic (exact) mass is 328 g/mol. The molecule has 4 heteroatoms. The summed E-state index contributed by atoms with van der Waals surface area (Å²) in [5.74, 6) is 0. The minimum Gasteiger partial charge on any atom is -0.370 e. The van der Waals surface area contributed by atoms with E-state index in [1.165, 1.54) is 12.8 Å². The Balaban J connectivity index is 2.49. The van der Waals surface area contributed by atoms with Gasteiger partial charge in [0.1, 0.15) is 6.07 Å². The Bertz CT molecular complexity index is 417. The van der Waals surface area contributed by atoms with E-state index in [-0.39, 0.29) is 0 Å². The van der Waals surface area contributed by atoms with Crippen LogP contribution >= 0.6 is 31.9 Å². The van der Waals surface area contributed by atoms with Crippen LogP contribution < -0.4 is 4.90 Å². The highest BCUT2D eigenvalue weighted by atomic mass is 79.9. The molecule has 0 N–H and O–H groups in total. The van der Waals surface area contributed by atoms with Crippen LogP contribution in [0.15, 0.2) is 21.1 Å². The van der Waals surface area contributed by atoms with E-state index >= 15 is 0 Å². The van der Waals surface area contributed by atoms with Crippen molar-refractivity contribution in [3.8, 4) is 6.07 Å². The van der Waals surface area contributed by atoms with Gasteiger partial charge in [-0.05, 0) is 40.9 Å². The Morgan fingerprint density at radius 3 is 2.47 bits per heavy atom. The van der Waals surface area contributed by atoms with Crippen LogP contribution in [0.25, 0.3) is 0 Å². The lowest BCUT2D eigenvalue weighted by atomic mass is 10.2. The fourth-order valence-corrected chi connectivity index (χ4v) is 3.39. The molecule has 0 radical (unpaired) electrons. The molecule has 1 aliphatic heterocycles. The summed E-state index contributed by atoms with van der Waals surface area (Å²) in [6.07, 6.45) is 2.43. The van der Waals surface area contributed by atoms with Gasteiger partial charge in [-0.25, -0.2) is 0 Å². The fraction of sp³-hybridized carbons (Fsp3) is 0.364. The van der Waals surface area contributed by atoms with Crippen LogP contribution in [-0.4, -0.2) is 13.1 Å². The average molecular weight is 330 g/mol. The molecule has 2 rings (SSSR count). The van der Waals surface area contributed by atoms with Crippen molar-refractivity contribution in [3.63, 3.8) is 0 Å². The van der Waals surface area contributed by atoms with Crippen molar-refractivity contribution in [3.05, 3.63) is 26.6 Å². The Morgan fingerprint density at radius 2 is 1.87 bits per heavy atom. The van der Waals surface area contributed by atoms with E-state index in [2.05, 4.69) is 42.8 Å². The van der Waals surface area contributed by atoms with Gasteiger partial charge < -0.3 is 4.90 Å². The molecule has 0 spiro atoms. The lowest BCUT2D eigenvalue weighted by Gasteiger charge is -2.20. The molecule has 1 heterocycles. The van der Waals surface area contributed by atoms with Crippen molar-refractivity contribution in [2.75, 3.05) is 18.0 Å². The van der Waals surface area contributed by atoms with E-state index in [4.69, 9.17) is 5.26 Å². The van der Waals surface area contributed by atoms with E-state index in [1.54, 1.807) is 0 Å². The lowest BCUT2D eigenvalue weighted by molar-refractivity contribution is 0.949. The van der Waals surface area contributed by atoms with E-state index in [0.717, 1.165) is 33.3 Å². The number of nitrogens with zero attached hydrogens (tertiary/aromatic N) is 2. The molecular weight excluding hydrogens is 320 g/mol. The SMILES string of the molecule is N#Cc1cc(Br)cc(Br)c1N1CCCC1. The zero-order valence-electron chi connectivity index (χ0n) is 8.13. The van der Waals surface area contributed by atoms with Gasteiger partial charge in [0, 0.05) is 22.0 Å². The molecule has 1 aromatic rings. The van der Waals surface area contributed by atoms with E-state index in [9.17, 15) is 0 Å². The maximum absolute atomic E-state index is 9.11. The Morgan fingerprint density at radius 1 is 1.20 bits per heavy atom. The summed E-state index contributed by atoms with van der Waals surface area (Å²) in [5.41, 5.74) is 1.77. The van der Waals surface area contributed by atoms with Gasteiger partial charge in [-0.3, -0.25) is 0 Å². The van der Waals surface area contributed by atoms with Gasteiger partial charge in [0.2, 0.25) is 0 Å². The first kappa shape index (κ1) is 11.0. The zero-order chi connectivity index (χ0) is 10.8. The topological polar surface area (TPSA) is 27.0 Å². The molecule has 78 valence electrons. The Hall–Kier alpha value is -0.530. The molecule has 1 fully saturated rings. The highest BCUT2D eigenvalue weighted by molar-refractivity contribution is 9.11. The largest absolute Gasteiger partial charge is 0.370 e. The molecule has 0 unspecified atom stereocenters. The molecular formula is C11H10Br2N2. The number of benzene rings is 1. The second-order valence-electron chi connectivity index (χ2n) is 3.59. The zero-order valence-corrected chi connectivity index (χ0v) is 11.3. The van der Waals surface area contributed by atoms with Gasteiger partial charge in [-0.15, -0.1) is 0 Å². The summed E-state index contributed by atoms with van der Waals surface area (Å²) >= 11 is 6.92. The van der Waals surface area contributed by atoms with Crippen LogP contribution in [0.5, 0.6) is 0 Å². The van der Waals surface area contributed by atoms with Crippen molar-refractivity contribution >= 4 is 37.5 Å². The van der Waals surface area contributed by atoms with Crippen molar-refractivity contribution < 1.29 is 0 Å². The van der Waals surface area contributed by atoms with Gasteiger partial charge in [-0.1, -0.05) is 15.9 Å². The summed E-state index contributed by atoms with van der Waals surface area (Å²) < 4.78 is 1.93. The van der Waals surface area contributed by atoms with Crippen LogP contribution in [0.2, 0.25) is 0 Å². The molecule has 0 bridgehead atoms. The molecule has 0 aromatic heterocycles. The van der Waals surface area contributed by atoms with Crippen molar-refractivity contribution in [1.29, 1.82) is 5.26 Å². The maximum atomic E-state index is 9.11. The van der Waals surface area contributed by atoms with Crippen molar-refractivity contribution in [2.24, 2.45) is 0 Å². The summed E-state index contributed by atoms with van der Waals surface area (Å²) in [7, 11) is 0. The average Bonchev–Trinajstić information content (AvgIpc) is 2.69. The normalized spacial score (nSPS) is 15.4. The molecule has 0 saturated carbocycles. The second kappa shape index (κ2) is 4.54. The summed E-state index contributed by atoms with van der Waals surface area (Å²) in [6.45, 7) is 2.10. The number of hydrogen-bond donors (Lipinski definition) is 0. The maximum Gasteiger partial charge on any atom is 0.101 e. The number of halogens is 2. The number of nitriles is 1. The minimum atomic E-state index is 0.734. The Kier molecular flexibility index (Phi) is 3.32. The minimum absolute atomic E-state index is 0.734. The summed E-state index contributed by atoms with van der Waals surface area (Å²) in [4.78, 5) is 2.27. The third-order valence-electron chi connectivity index (χ3n) is 2.57. The highest BCUT2D eigenvalue weighted by Gasteiger charge is 2.18. The van der Waals surface area contributed by atoms with E-state index in [0.29, 0.717) is 0 Å². The first-order chi connectivity index (χ1) is 7.22. The van der Waals surface area contributed by atoms with Gasteiger partial charge in [0.15, 0.2) is 0 Å². The third-order valence-corrected chi connectivity index (χ3v) is 3.63. The number of anilines is 1. The van der Waals surface area contributed by atoms with Crippen LogP contribution in [0, 0.1) is 11.3 Å². The molecule has 1 aromatic carbocycles. The van der Waals surface area contributed by atoms with Crippen LogP contribution in [0.1, 0.15) is 18.4 Å². The van der Waals surface area contributed by atoms with E-state index in [1.807, 2.05) is 12.1 Å². The standard InChI is InChI=1S/C11H10Br2N2/c12-9-5-8(7-14)11(10(13)6-9)15-3-1-2-4-15/h5-6H,1-4H2. The molecule has 1 saturated heterocycles. The third kappa shape index (κ3) is 2.19. The number of hydrogen-bond acceptors (Lipinski definition) is 2. The van der Waals surface area contributed by atoms with Crippen LogP contribution in [0.4, 0.5) is 5.69 Å². The summed E-state index contributed by atoms with van der Waals surface area (Å²) in [6, 6.07) is 6.12. The molecule has 0 amide bonds. The molecule has 15 heavy (non-hydrogen) atoms. The van der Waals surface area contributed by atoms with Crippen LogP contribution in [0.3, 0.4) is 0 Å². The predicted octanol–water partition coefficient (Wildman–Crippen LogP) is 3.68. The Labute approximate surface area is 106 Å². The van der Waals surface area contributed by atoms with Crippen LogP contribution in [-0.2, 0) is 0 Å². The van der Waals surface area contributed by atoms with Gasteiger partial charge in [0.25, 0.3) is 0 Å². The van der Waals surface area contributed by atoms with Crippen molar-refractivity contribution in [2.45, 2.75) is 12.8 Å². The van der Waals surface area contributed by atoms with E-state index < -0.39 is 0 Å². The fourth-order valence-electron chi connectivity index (χ4n) is 1.91. The first-order valence-electron chi connectivity index (χ1n) is 4.86. The molecule has 0 atom stereocenters. The predicted molar refractivity (Wildman–Crippen MR) is 68.0 cm³/mol. The molecule has 0 aliphatic carbocycles. The lowest BCUT2D eigenvalue weighted by Crippen LogP contribution is -2.19. The number of rotatable bonds is 1. The molecule has 2 nitrogen and oxygen atoms in total. The molecule has 1 aliphatic rings. The quantitative estimate of drug-likeness (QED) is 0.785. The van der Waals surface area contributed by atoms with Gasteiger partial charge >= 0.3 is 0 Å². The highest BCUT2D eigenvalue weighted by Crippen LogP contribution is 2.35.